The molecule has 0 spiro atoms. The van der Waals surface area contributed by atoms with Crippen molar-refractivity contribution >= 4 is 11.0 Å². The number of likely N-dealkylation sites (N-methyl/N-ethyl adjacent to an activating group) is 1. The second-order valence-electron chi connectivity index (χ2n) is 3.93. The average Bonchev–Trinajstić information content (AvgIpc) is 2.61. The Morgan fingerprint density at radius 1 is 1.31 bits per heavy atom. The summed E-state index contributed by atoms with van der Waals surface area (Å²) in [6, 6.07) is 3.23. The molecule has 0 aliphatic carbocycles. The van der Waals surface area contributed by atoms with Crippen LogP contribution in [0, 0.1) is 11.6 Å². The summed E-state index contributed by atoms with van der Waals surface area (Å²) < 4.78 is 31.6. The molecule has 16 heavy (non-hydrogen) atoms. The van der Waals surface area contributed by atoms with Crippen molar-refractivity contribution in [1.82, 2.24) is 5.32 Å². The molecule has 1 unspecified atom stereocenters. The molecule has 0 saturated carbocycles. The van der Waals surface area contributed by atoms with Gasteiger partial charge in [-0.05, 0) is 38.1 Å². The minimum Gasteiger partial charge on any atom is -0.458 e. The van der Waals surface area contributed by atoms with Crippen LogP contribution in [0.4, 0.5) is 8.78 Å². The number of halogens is 2. The first-order chi connectivity index (χ1) is 7.61. The van der Waals surface area contributed by atoms with E-state index in [0.29, 0.717) is 6.42 Å². The predicted octanol–water partition coefficient (Wildman–Crippen LogP) is 2.86. The molecule has 0 bridgehead atoms. The van der Waals surface area contributed by atoms with E-state index in [2.05, 4.69) is 5.32 Å². The number of hydrogen-bond acceptors (Lipinski definition) is 2. The summed E-state index contributed by atoms with van der Waals surface area (Å²) in [6.45, 7) is 1.98. The topological polar surface area (TPSA) is 25.2 Å². The van der Waals surface area contributed by atoms with E-state index in [1.54, 1.807) is 6.07 Å². The highest BCUT2D eigenvalue weighted by Gasteiger charge is 2.12. The van der Waals surface area contributed by atoms with Crippen LogP contribution in [-0.2, 0) is 6.42 Å². The highest BCUT2D eigenvalue weighted by molar-refractivity contribution is 5.79. The molecule has 1 N–H and O–H groups in total. The van der Waals surface area contributed by atoms with E-state index in [-0.39, 0.29) is 17.0 Å². The van der Waals surface area contributed by atoms with Gasteiger partial charge in [0.25, 0.3) is 0 Å². The van der Waals surface area contributed by atoms with Crippen LogP contribution in [0.1, 0.15) is 12.5 Å². The van der Waals surface area contributed by atoms with E-state index >= 15 is 0 Å². The van der Waals surface area contributed by atoms with Crippen molar-refractivity contribution in [2.45, 2.75) is 19.4 Å². The van der Waals surface area contributed by atoms with Crippen LogP contribution in [0.3, 0.4) is 0 Å². The first-order valence-corrected chi connectivity index (χ1v) is 5.14. The molecule has 0 fully saturated rings. The quantitative estimate of drug-likeness (QED) is 0.868. The third-order valence-corrected chi connectivity index (χ3v) is 2.68. The highest BCUT2D eigenvalue weighted by Crippen LogP contribution is 2.24. The normalized spacial score (nSPS) is 13.2. The number of benzene rings is 1. The number of rotatable bonds is 3. The van der Waals surface area contributed by atoms with Crippen LogP contribution in [0.5, 0.6) is 0 Å². The lowest BCUT2D eigenvalue weighted by molar-refractivity contribution is 0.535. The summed E-state index contributed by atoms with van der Waals surface area (Å²) in [5.41, 5.74) is 0.741. The number of hydrogen-bond donors (Lipinski definition) is 1. The summed E-state index contributed by atoms with van der Waals surface area (Å²) in [6.07, 6.45) is 1.58. The zero-order valence-electron chi connectivity index (χ0n) is 9.18. The molecule has 1 aromatic heterocycles. The maximum absolute atomic E-state index is 13.5. The third kappa shape index (κ3) is 1.93. The van der Waals surface area contributed by atoms with Crippen LogP contribution < -0.4 is 5.32 Å². The first kappa shape index (κ1) is 11.1. The lowest BCUT2D eigenvalue weighted by atomic mass is 10.1. The Morgan fingerprint density at radius 3 is 2.75 bits per heavy atom. The second kappa shape index (κ2) is 4.22. The molecule has 0 aliphatic rings. The summed E-state index contributed by atoms with van der Waals surface area (Å²) in [5, 5.41) is 3.26. The molecule has 0 aliphatic heterocycles. The lowest BCUT2D eigenvalue weighted by Crippen LogP contribution is -2.23. The fourth-order valence-corrected chi connectivity index (χ4v) is 1.69. The molecule has 2 nitrogen and oxygen atoms in total. The smallest absolute Gasteiger partial charge is 0.172 e. The van der Waals surface area contributed by atoms with Crippen molar-refractivity contribution < 1.29 is 13.2 Å². The van der Waals surface area contributed by atoms with Crippen LogP contribution >= 0.6 is 0 Å². The van der Waals surface area contributed by atoms with Gasteiger partial charge in [0.2, 0.25) is 0 Å². The van der Waals surface area contributed by atoms with Gasteiger partial charge in [-0.2, -0.15) is 0 Å². The minimum absolute atomic E-state index is 0.0154. The van der Waals surface area contributed by atoms with Gasteiger partial charge in [-0.25, -0.2) is 8.78 Å². The van der Waals surface area contributed by atoms with Crippen LogP contribution in [0.15, 0.2) is 22.8 Å². The predicted molar refractivity (Wildman–Crippen MR) is 58.4 cm³/mol. The standard InChI is InChI=1S/C12H13F2NO/c1-7(15-2)3-8-4-9-11(14)6-16-12(9)10(13)5-8/h4-7,15H,3H2,1-2H3. The van der Waals surface area contributed by atoms with E-state index in [9.17, 15) is 8.78 Å². The molecule has 2 rings (SSSR count). The van der Waals surface area contributed by atoms with Gasteiger partial charge in [0.05, 0.1) is 5.39 Å². The summed E-state index contributed by atoms with van der Waals surface area (Å²) >= 11 is 0. The molecule has 0 saturated heterocycles. The molecule has 1 atom stereocenters. The molecular formula is C12H13F2NO. The monoisotopic (exact) mass is 225 g/mol. The van der Waals surface area contributed by atoms with Gasteiger partial charge in [-0.1, -0.05) is 0 Å². The fourth-order valence-electron chi connectivity index (χ4n) is 1.69. The van der Waals surface area contributed by atoms with Crippen molar-refractivity contribution in [1.29, 1.82) is 0 Å². The Kier molecular flexibility index (Phi) is 2.92. The SMILES string of the molecule is CNC(C)Cc1cc(F)c2occ(F)c2c1. The maximum Gasteiger partial charge on any atom is 0.172 e. The Morgan fingerprint density at radius 2 is 2.06 bits per heavy atom. The van der Waals surface area contributed by atoms with Gasteiger partial charge in [0.1, 0.15) is 6.26 Å². The van der Waals surface area contributed by atoms with Crippen molar-refractivity contribution in [2.24, 2.45) is 0 Å². The van der Waals surface area contributed by atoms with Gasteiger partial charge < -0.3 is 9.73 Å². The molecule has 86 valence electrons. The Labute approximate surface area is 92.2 Å². The first-order valence-electron chi connectivity index (χ1n) is 5.14. The zero-order chi connectivity index (χ0) is 11.7. The fraction of sp³-hybridized carbons (Fsp3) is 0.333. The van der Waals surface area contributed by atoms with Crippen LogP contribution in [0.2, 0.25) is 0 Å². The van der Waals surface area contributed by atoms with Crippen molar-refractivity contribution in [3.05, 3.63) is 35.6 Å². The lowest BCUT2D eigenvalue weighted by Gasteiger charge is -2.09. The number of fused-ring (bicyclic) bond motifs is 1. The van der Waals surface area contributed by atoms with Gasteiger partial charge in [0.15, 0.2) is 17.2 Å². The van der Waals surface area contributed by atoms with Crippen molar-refractivity contribution in [2.75, 3.05) is 7.05 Å². The van der Waals surface area contributed by atoms with E-state index in [4.69, 9.17) is 4.42 Å². The van der Waals surface area contributed by atoms with Gasteiger partial charge >= 0.3 is 0 Å². The number of furan rings is 1. The summed E-state index contributed by atoms with van der Waals surface area (Å²) in [5.74, 6) is -1.03. The summed E-state index contributed by atoms with van der Waals surface area (Å²) in [4.78, 5) is 0. The zero-order valence-corrected chi connectivity index (χ0v) is 9.18. The largest absolute Gasteiger partial charge is 0.458 e. The van der Waals surface area contributed by atoms with Gasteiger partial charge in [-0.15, -0.1) is 0 Å². The van der Waals surface area contributed by atoms with Crippen molar-refractivity contribution in [3.63, 3.8) is 0 Å². The molecule has 1 heterocycles. The van der Waals surface area contributed by atoms with Gasteiger partial charge in [0, 0.05) is 6.04 Å². The third-order valence-electron chi connectivity index (χ3n) is 2.68. The minimum atomic E-state index is -0.520. The van der Waals surface area contributed by atoms with Crippen molar-refractivity contribution in [3.8, 4) is 0 Å². The number of nitrogens with one attached hydrogen (secondary N) is 1. The Balaban J connectivity index is 2.44. The summed E-state index contributed by atoms with van der Waals surface area (Å²) in [7, 11) is 1.83. The molecule has 4 heteroatoms. The Bertz CT molecular complexity index is 507. The van der Waals surface area contributed by atoms with Crippen LogP contribution in [0.25, 0.3) is 11.0 Å². The molecule has 2 aromatic rings. The van der Waals surface area contributed by atoms with E-state index < -0.39 is 11.6 Å². The second-order valence-corrected chi connectivity index (χ2v) is 3.93. The highest BCUT2D eigenvalue weighted by atomic mass is 19.1. The van der Waals surface area contributed by atoms with E-state index in [1.807, 2.05) is 14.0 Å². The van der Waals surface area contributed by atoms with Crippen LogP contribution in [-0.4, -0.2) is 13.1 Å². The Hall–Kier alpha value is -1.42. The molecule has 0 amide bonds. The molecule has 0 radical (unpaired) electrons. The molecular weight excluding hydrogens is 212 g/mol. The molecule has 1 aromatic carbocycles. The van der Waals surface area contributed by atoms with Gasteiger partial charge in [-0.3, -0.25) is 0 Å². The van der Waals surface area contributed by atoms with E-state index in [0.717, 1.165) is 11.8 Å². The average molecular weight is 225 g/mol. The maximum atomic E-state index is 13.5. The van der Waals surface area contributed by atoms with E-state index in [1.165, 1.54) is 6.07 Å².